The van der Waals surface area contributed by atoms with Crippen LogP contribution >= 0.6 is 12.2 Å². The first-order chi connectivity index (χ1) is 15.5. The maximum Gasteiger partial charge on any atom is 0.0818 e. The SMILES string of the molecule is CCCC1(CC)C2CC3(C(=S)NC4CCC(CN)CC4)CC1CC(c1ccccc1)(C2)C3. The molecule has 1 aromatic rings. The highest BCUT2D eigenvalue weighted by Crippen LogP contribution is 2.73. The highest BCUT2D eigenvalue weighted by molar-refractivity contribution is 7.80. The molecular formula is C29H44N2S. The standard InChI is InChI=1S/C29H44N2S/c1-3-14-29(4-2)23-15-27(22-8-6-5-7-9-22)16-24(29)18-28(17-23,20-27)26(32)31-25-12-10-21(19-30)11-13-25/h5-9,21,23-25H,3-4,10-20,30H2,1-2H3,(H,31,32). The molecule has 0 spiro atoms. The first-order valence-electron chi connectivity index (χ1n) is 13.6. The summed E-state index contributed by atoms with van der Waals surface area (Å²) in [4.78, 5) is 1.23. The van der Waals surface area contributed by atoms with E-state index in [9.17, 15) is 0 Å². The van der Waals surface area contributed by atoms with Crippen LogP contribution in [0.3, 0.4) is 0 Å². The van der Waals surface area contributed by atoms with Crippen molar-refractivity contribution in [3.05, 3.63) is 35.9 Å². The van der Waals surface area contributed by atoms with Crippen LogP contribution in [0.4, 0.5) is 0 Å². The van der Waals surface area contributed by atoms with Gasteiger partial charge in [0.1, 0.15) is 0 Å². The van der Waals surface area contributed by atoms with Gasteiger partial charge >= 0.3 is 0 Å². The zero-order valence-electron chi connectivity index (χ0n) is 20.4. The van der Waals surface area contributed by atoms with E-state index in [1.807, 2.05) is 0 Å². The fourth-order valence-electron chi connectivity index (χ4n) is 9.18. The highest BCUT2D eigenvalue weighted by atomic mass is 32.1. The molecule has 3 heteroatoms. The third-order valence-electron chi connectivity index (χ3n) is 10.6. The zero-order chi connectivity index (χ0) is 22.4. The molecule has 2 nitrogen and oxygen atoms in total. The molecule has 3 N–H and O–H groups in total. The van der Waals surface area contributed by atoms with Crippen LogP contribution < -0.4 is 11.1 Å². The molecule has 2 atom stereocenters. The van der Waals surface area contributed by atoms with Crippen LogP contribution in [-0.4, -0.2) is 17.6 Å². The molecule has 0 aliphatic heterocycles. The quantitative estimate of drug-likeness (QED) is 0.449. The topological polar surface area (TPSA) is 38.0 Å². The summed E-state index contributed by atoms with van der Waals surface area (Å²) in [5, 5.41) is 3.96. The Labute approximate surface area is 201 Å². The Morgan fingerprint density at radius 3 is 2.22 bits per heavy atom. The molecule has 0 aromatic heterocycles. The van der Waals surface area contributed by atoms with Gasteiger partial charge in [-0.05, 0) is 111 Å². The molecule has 4 bridgehead atoms. The van der Waals surface area contributed by atoms with Crippen molar-refractivity contribution in [1.29, 1.82) is 0 Å². The Balaban J connectivity index is 1.44. The molecular weight excluding hydrogens is 408 g/mol. The lowest BCUT2D eigenvalue weighted by atomic mass is 9.35. The summed E-state index contributed by atoms with van der Waals surface area (Å²) in [5.41, 5.74) is 8.63. The lowest BCUT2D eigenvalue weighted by Crippen LogP contribution is -2.65. The molecule has 5 aliphatic rings. The number of rotatable bonds is 7. The molecule has 0 radical (unpaired) electrons. The van der Waals surface area contributed by atoms with Gasteiger partial charge in [0.2, 0.25) is 0 Å². The van der Waals surface area contributed by atoms with E-state index in [4.69, 9.17) is 18.0 Å². The third kappa shape index (κ3) is 3.57. The summed E-state index contributed by atoms with van der Waals surface area (Å²) in [6, 6.07) is 12.1. The Morgan fingerprint density at radius 2 is 1.66 bits per heavy atom. The minimum atomic E-state index is 0.216. The number of benzene rings is 1. The van der Waals surface area contributed by atoms with Crippen LogP contribution in [0, 0.1) is 28.6 Å². The normalized spacial score (nSPS) is 42.7. The summed E-state index contributed by atoms with van der Waals surface area (Å²) >= 11 is 6.32. The van der Waals surface area contributed by atoms with Crippen molar-refractivity contribution in [2.75, 3.05) is 6.54 Å². The zero-order valence-corrected chi connectivity index (χ0v) is 21.2. The summed E-state index contributed by atoms with van der Waals surface area (Å²) in [6.07, 6.45) is 15.8. The monoisotopic (exact) mass is 452 g/mol. The third-order valence-corrected chi connectivity index (χ3v) is 11.2. The van der Waals surface area contributed by atoms with Gasteiger partial charge in [-0.3, -0.25) is 0 Å². The van der Waals surface area contributed by atoms with Crippen molar-refractivity contribution in [2.45, 2.75) is 102 Å². The maximum absolute atomic E-state index is 6.32. The number of nitrogens with two attached hydrogens (primary N) is 1. The fourth-order valence-corrected chi connectivity index (χ4v) is 9.59. The molecule has 32 heavy (non-hydrogen) atoms. The van der Waals surface area contributed by atoms with Gasteiger partial charge in [-0.1, -0.05) is 62.8 Å². The van der Waals surface area contributed by atoms with Crippen molar-refractivity contribution in [3.63, 3.8) is 0 Å². The molecule has 0 heterocycles. The van der Waals surface area contributed by atoms with E-state index in [0.29, 0.717) is 16.9 Å². The predicted molar refractivity (Wildman–Crippen MR) is 139 cm³/mol. The summed E-state index contributed by atoms with van der Waals surface area (Å²) in [7, 11) is 0. The molecule has 0 saturated heterocycles. The van der Waals surface area contributed by atoms with Crippen molar-refractivity contribution in [1.82, 2.24) is 5.32 Å². The van der Waals surface area contributed by atoms with E-state index >= 15 is 0 Å². The van der Waals surface area contributed by atoms with Crippen molar-refractivity contribution >= 4 is 17.2 Å². The first-order valence-corrected chi connectivity index (χ1v) is 14.0. The van der Waals surface area contributed by atoms with Crippen molar-refractivity contribution in [2.24, 2.45) is 34.3 Å². The minimum absolute atomic E-state index is 0.216. The van der Waals surface area contributed by atoms with Gasteiger partial charge in [0.15, 0.2) is 0 Å². The first kappa shape index (κ1) is 22.8. The van der Waals surface area contributed by atoms with Gasteiger partial charge in [0.25, 0.3) is 0 Å². The Morgan fingerprint density at radius 1 is 1.00 bits per heavy atom. The Bertz CT molecular complexity index is 794. The van der Waals surface area contributed by atoms with Gasteiger partial charge in [0, 0.05) is 11.5 Å². The number of hydrogen-bond donors (Lipinski definition) is 2. The highest BCUT2D eigenvalue weighted by Gasteiger charge is 2.66. The van der Waals surface area contributed by atoms with Crippen molar-refractivity contribution < 1.29 is 0 Å². The van der Waals surface area contributed by atoms with Gasteiger partial charge in [-0.15, -0.1) is 0 Å². The molecule has 5 aliphatic carbocycles. The fraction of sp³-hybridized carbons (Fsp3) is 0.759. The molecule has 0 amide bonds. The van der Waals surface area contributed by atoms with Crippen LogP contribution in [-0.2, 0) is 5.41 Å². The minimum Gasteiger partial charge on any atom is -0.376 e. The van der Waals surface area contributed by atoms with Gasteiger partial charge in [0.05, 0.1) is 4.99 Å². The van der Waals surface area contributed by atoms with Crippen LogP contribution in [0.2, 0.25) is 0 Å². The number of thiocarbonyl (C=S) groups is 1. The molecule has 1 aromatic carbocycles. The van der Waals surface area contributed by atoms with Crippen molar-refractivity contribution in [3.8, 4) is 0 Å². The molecule has 5 saturated carbocycles. The van der Waals surface area contributed by atoms with Crippen LogP contribution in [0.15, 0.2) is 30.3 Å². The van der Waals surface area contributed by atoms with E-state index in [-0.39, 0.29) is 5.41 Å². The van der Waals surface area contributed by atoms with Gasteiger partial charge in [-0.25, -0.2) is 0 Å². The van der Waals surface area contributed by atoms with E-state index in [0.717, 1.165) is 24.3 Å². The molecule has 5 fully saturated rings. The van der Waals surface area contributed by atoms with Crippen LogP contribution in [0.25, 0.3) is 0 Å². The van der Waals surface area contributed by atoms with E-state index in [1.54, 1.807) is 5.56 Å². The number of hydrogen-bond acceptors (Lipinski definition) is 2. The molecule has 176 valence electrons. The Kier molecular flexibility index (Phi) is 6.20. The average Bonchev–Trinajstić information content (AvgIpc) is 2.82. The maximum atomic E-state index is 6.32. The van der Waals surface area contributed by atoms with Gasteiger partial charge in [-0.2, -0.15) is 0 Å². The second kappa shape index (κ2) is 8.69. The van der Waals surface area contributed by atoms with Crippen LogP contribution in [0.5, 0.6) is 0 Å². The predicted octanol–water partition coefficient (Wildman–Crippen LogP) is 6.77. The number of nitrogens with one attached hydrogen (secondary N) is 1. The largest absolute Gasteiger partial charge is 0.376 e. The Hall–Kier alpha value is -0.930. The van der Waals surface area contributed by atoms with E-state index in [1.165, 1.54) is 82.0 Å². The second-order valence-electron chi connectivity index (χ2n) is 12.1. The van der Waals surface area contributed by atoms with E-state index < -0.39 is 0 Å². The van der Waals surface area contributed by atoms with Gasteiger partial charge < -0.3 is 11.1 Å². The summed E-state index contributed by atoms with van der Waals surface area (Å²) in [6.45, 7) is 5.72. The summed E-state index contributed by atoms with van der Waals surface area (Å²) in [5.74, 6) is 2.37. The summed E-state index contributed by atoms with van der Waals surface area (Å²) < 4.78 is 0. The second-order valence-corrected chi connectivity index (χ2v) is 12.5. The molecule has 6 rings (SSSR count). The lowest BCUT2D eigenvalue weighted by Gasteiger charge is -2.70. The van der Waals surface area contributed by atoms with E-state index in [2.05, 4.69) is 49.5 Å². The molecule has 2 unspecified atom stereocenters. The average molecular weight is 453 g/mol. The lowest BCUT2D eigenvalue weighted by molar-refractivity contribution is -0.148. The smallest absolute Gasteiger partial charge is 0.0818 e. The van der Waals surface area contributed by atoms with Crippen LogP contribution in [0.1, 0.15) is 96.5 Å².